The Balaban J connectivity index is 2.58. The van der Waals surface area contributed by atoms with Crippen molar-refractivity contribution in [2.45, 2.75) is 24.6 Å². The summed E-state index contributed by atoms with van der Waals surface area (Å²) < 4.78 is 14.9. The smallest absolute Gasteiger partial charge is 0.186 e. The second-order valence-corrected chi connectivity index (χ2v) is 2.70. The Kier molecular flexibility index (Phi) is 3.42. The average molecular weight is 178 g/mol. The Morgan fingerprint density at radius 1 is 1.25 bits per heavy atom. The first-order valence-electron chi connectivity index (χ1n) is 3.74. The van der Waals surface area contributed by atoms with Gasteiger partial charge >= 0.3 is 0 Å². The largest absolute Gasteiger partial charge is 0.388 e. The van der Waals surface area contributed by atoms with Crippen LogP contribution in [0.15, 0.2) is 0 Å². The summed E-state index contributed by atoms with van der Waals surface area (Å²) in [6.45, 7) is 0.0690. The lowest BCUT2D eigenvalue weighted by atomic mass is 10.1. The summed E-state index contributed by atoms with van der Waals surface area (Å²) in [7, 11) is 2.89. The Labute approximate surface area is 70.9 Å². The zero-order chi connectivity index (χ0) is 9.14. The highest BCUT2D eigenvalue weighted by Crippen LogP contribution is 2.18. The monoisotopic (exact) mass is 178 g/mol. The molecule has 0 aromatic rings. The highest BCUT2D eigenvalue weighted by Gasteiger charge is 2.38. The van der Waals surface area contributed by atoms with Crippen LogP contribution in [0.1, 0.15) is 0 Å². The van der Waals surface area contributed by atoms with E-state index in [2.05, 4.69) is 0 Å². The Morgan fingerprint density at radius 2 is 1.92 bits per heavy atom. The number of aliphatic hydroxyl groups excluding tert-OH is 2. The fourth-order valence-corrected chi connectivity index (χ4v) is 1.22. The number of rotatable bonds is 2. The fraction of sp³-hybridized carbons (Fsp3) is 1.00. The van der Waals surface area contributed by atoms with Crippen molar-refractivity contribution in [3.05, 3.63) is 0 Å². The van der Waals surface area contributed by atoms with Crippen molar-refractivity contribution in [1.29, 1.82) is 0 Å². The van der Waals surface area contributed by atoms with E-state index in [9.17, 15) is 10.2 Å². The Bertz CT molecular complexity index is 138. The molecular formula is C7H14O5. The van der Waals surface area contributed by atoms with Crippen molar-refractivity contribution >= 4 is 0 Å². The highest BCUT2D eigenvalue weighted by atomic mass is 16.7. The lowest BCUT2D eigenvalue weighted by Gasteiger charge is -2.36. The van der Waals surface area contributed by atoms with Gasteiger partial charge in [0, 0.05) is 14.2 Å². The zero-order valence-electron chi connectivity index (χ0n) is 7.14. The number of aliphatic hydroxyl groups is 2. The van der Waals surface area contributed by atoms with E-state index < -0.39 is 24.6 Å². The second-order valence-electron chi connectivity index (χ2n) is 2.70. The number of ether oxygens (including phenoxy) is 3. The van der Waals surface area contributed by atoms with E-state index in [1.54, 1.807) is 0 Å². The van der Waals surface area contributed by atoms with Crippen LogP contribution in [0.4, 0.5) is 0 Å². The van der Waals surface area contributed by atoms with E-state index >= 15 is 0 Å². The minimum absolute atomic E-state index is 0.0690. The first-order valence-corrected chi connectivity index (χ1v) is 3.74. The standard InChI is InChI=1S/C7H14O5/c1-10-6-5(9)4(8)3-12-7(6)11-2/h4-9H,3H2,1-2H3/t4-,5-,6-,7+/m1/s1. The fourth-order valence-electron chi connectivity index (χ4n) is 1.22. The molecule has 1 saturated heterocycles. The van der Waals surface area contributed by atoms with E-state index in [0.29, 0.717) is 0 Å². The van der Waals surface area contributed by atoms with E-state index in [0.717, 1.165) is 0 Å². The topological polar surface area (TPSA) is 68.2 Å². The maximum absolute atomic E-state index is 9.40. The van der Waals surface area contributed by atoms with E-state index in [-0.39, 0.29) is 6.61 Å². The molecule has 1 aliphatic heterocycles. The lowest BCUT2D eigenvalue weighted by Crippen LogP contribution is -2.54. The van der Waals surface area contributed by atoms with Gasteiger partial charge in [0.15, 0.2) is 6.29 Å². The van der Waals surface area contributed by atoms with Crippen molar-refractivity contribution in [2.75, 3.05) is 20.8 Å². The van der Waals surface area contributed by atoms with Crippen LogP contribution in [0.2, 0.25) is 0 Å². The molecule has 0 amide bonds. The normalized spacial score (nSPS) is 43.0. The number of methoxy groups -OCH3 is 2. The molecule has 5 nitrogen and oxygen atoms in total. The summed E-state index contributed by atoms with van der Waals surface area (Å²) in [5.74, 6) is 0. The summed E-state index contributed by atoms with van der Waals surface area (Å²) in [6, 6.07) is 0. The van der Waals surface area contributed by atoms with Gasteiger partial charge in [0.05, 0.1) is 6.61 Å². The first kappa shape index (κ1) is 9.88. The molecule has 0 unspecified atom stereocenters. The average Bonchev–Trinajstić information content (AvgIpc) is 2.09. The molecule has 1 fully saturated rings. The molecular weight excluding hydrogens is 164 g/mol. The van der Waals surface area contributed by atoms with Crippen LogP contribution in [-0.2, 0) is 14.2 Å². The van der Waals surface area contributed by atoms with Crippen molar-refractivity contribution in [2.24, 2.45) is 0 Å². The van der Waals surface area contributed by atoms with Gasteiger partial charge < -0.3 is 24.4 Å². The molecule has 72 valence electrons. The molecule has 0 radical (unpaired) electrons. The molecule has 5 heteroatoms. The van der Waals surface area contributed by atoms with E-state index in [4.69, 9.17) is 14.2 Å². The third kappa shape index (κ3) is 1.75. The molecule has 1 heterocycles. The maximum Gasteiger partial charge on any atom is 0.186 e. The zero-order valence-corrected chi connectivity index (χ0v) is 7.14. The van der Waals surface area contributed by atoms with Crippen molar-refractivity contribution in [3.8, 4) is 0 Å². The molecule has 0 spiro atoms. The molecule has 0 saturated carbocycles. The van der Waals surface area contributed by atoms with Gasteiger partial charge in [-0.25, -0.2) is 0 Å². The second kappa shape index (κ2) is 4.15. The predicted molar refractivity (Wildman–Crippen MR) is 39.6 cm³/mol. The van der Waals surface area contributed by atoms with E-state index in [1.807, 2.05) is 0 Å². The predicted octanol–water partition coefficient (Wildman–Crippen LogP) is -1.27. The van der Waals surface area contributed by atoms with Crippen LogP contribution < -0.4 is 0 Å². The van der Waals surface area contributed by atoms with Gasteiger partial charge in [0.25, 0.3) is 0 Å². The SMILES string of the molecule is CO[C@H]1OC[C@@H](O)[C@@H](O)[C@H]1OC. The van der Waals surface area contributed by atoms with Crippen LogP contribution >= 0.6 is 0 Å². The summed E-state index contributed by atoms with van der Waals surface area (Å²) in [4.78, 5) is 0. The molecule has 0 aromatic heterocycles. The van der Waals surface area contributed by atoms with Crippen molar-refractivity contribution in [3.63, 3.8) is 0 Å². The van der Waals surface area contributed by atoms with Gasteiger partial charge in [-0.05, 0) is 0 Å². The lowest BCUT2D eigenvalue weighted by molar-refractivity contribution is -0.268. The Hall–Kier alpha value is -0.200. The third-order valence-electron chi connectivity index (χ3n) is 1.93. The van der Waals surface area contributed by atoms with Gasteiger partial charge in [0.1, 0.15) is 18.3 Å². The van der Waals surface area contributed by atoms with E-state index in [1.165, 1.54) is 14.2 Å². The number of hydrogen-bond acceptors (Lipinski definition) is 5. The molecule has 1 rings (SSSR count). The summed E-state index contributed by atoms with van der Waals surface area (Å²) in [6.07, 6.45) is -3.08. The maximum atomic E-state index is 9.40. The van der Waals surface area contributed by atoms with Gasteiger partial charge in [-0.3, -0.25) is 0 Å². The highest BCUT2D eigenvalue weighted by molar-refractivity contribution is 4.83. The van der Waals surface area contributed by atoms with Crippen LogP contribution in [-0.4, -0.2) is 55.6 Å². The van der Waals surface area contributed by atoms with Gasteiger partial charge in [-0.15, -0.1) is 0 Å². The van der Waals surface area contributed by atoms with Crippen LogP contribution in [0.3, 0.4) is 0 Å². The van der Waals surface area contributed by atoms with Gasteiger partial charge in [-0.1, -0.05) is 0 Å². The third-order valence-corrected chi connectivity index (χ3v) is 1.93. The summed E-state index contributed by atoms with van der Waals surface area (Å²) in [5.41, 5.74) is 0. The van der Waals surface area contributed by atoms with Crippen LogP contribution in [0, 0.1) is 0 Å². The molecule has 1 aliphatic rings. The van der Waals surface area contributed by atoms with Crippen molar-refractivity contribution < 1.29 is 24.4 Å². The molecule has 4 atom stereocenters. The number of hydrogen-bond donors (Lipinski definition) is 2. The van der Waals surface area contributed by atoms with Crippen LogP contribution in [0.25, 0.3) is 0 Å². The molecule has 12 heavy (non-hydrogen) atoms. The van der Waals surface area contributed by atoms with Gasteiger partial charge in [0.2, 0.25) is 0 Å². The summed E-state index contributed by atoms with van der Waals surface area (Å²) in [5, 5.41) is 18.6. The quantitative estimate of drug-likeness (QED) is 0.551. The van der Waals surface area contributed by atoms with Crippen molar-refractivity contribution in [1.82, 2.24) is 0 Å². The molecule has 0 aromatic carbocycles. The minimum Gasteiger partial charge on any atom is -0.388 e. The van der Waals surface area contributed by atoms with Crippen LogP contribution in [0.5, 0.6) is 0 Å². The minimum atomic E-state index is -0.950. The first-order chi connectivity index (χ1) is 5.70. The Morgan fingerprint density at radius 3 is 2.42 bits per heavy atom. The molecule has 0 aliphatic carbocycles. The molecule has 2 N–H and O–H groups in total. The molecule has 0 bridgehead atoms. The summed E-state index contributed by atoms with van der Waals surface area (Å²) >= 11 is 0. The van der Waals surface area contributed by atoms with Gasteiger partial charge in [-0.2, -0.15) is 0 Å².